The molecule has 0 radical (unpaired) electrons. The third-order valence-corrected chi connectivity index (χ3v) is 2.87. The molecule has 0 bridgehead atoms. The molecule has 14 heavy (non-hydrogen) atoms. The summed E-state index contributed by atoms with van der Waals surface area (Å²) in [6.45, 7) is 1.13. The van der Waals surface area contributed by atoms with Gasteiger partial charge < -0.3 is 10.3 Å². The molecule has 1 aromatic carbocycles. The average molecular weight is 186 g/mol. The molecular weight excluding hydrogens is 172 g/mol. The normalized spacial score (nSPS) is 16.0. The van der Waals surface area contributed by atoms with E-state index in [1.165, 1.54) is 29.4 Å². The smallest absolute Gasteiger partial charge is 0.0598 e. The highest BCUT2D eigenvalue weighted by Gasteiger charge is 2.20. The molecule has 1 fully saturated rings. The van der Waals surface area contributed by atoms with E-state index in [-0.39, 0.29) is 0 Å². The van der Waals surface area contributed by atoms with Crippen LogP contribution in [0.2, 0.25) is 0 Å². The minimum absolute atomic E-state index is 0.920. The lowest BCUT2D eigenvalue weighted by molar-refractivity contribution is 0.890. The highest BCUT2D eigenvalue weighted by atomic mass is 14.9. The van der Waals surface area contributed by atoms with Crippen molar-refractivity contribution < 1.29 is 0 Å². The summed E-state index contributed by atoms with van der Waals surface area (Å²) in [5, 5.41) is 4.80. The molecule has 1 aliphatic rings. The van der Waals surface area contributed by atoms with Crippen molar-refractivity contribution in [2.24, 2.45) is 5.92 Å². The summed E-state index contributed by atoms with van der Waals surface area (Å²) < 4.78 is 0. The van der Waals surface area contributed by atoms with Gasteiger partial charge in [-0.2, -0.15) is 0 Å². The van der Waals surface area contributed by atoms with Crippen molar-refractivity contribution >= 4 is 16.6 Å². The van der Waals surface area contributed by atoms with Crippen molar-refractivity contribution in [1.82, 2.24) is 4.98 Å². The summed E-state index contributed by atoms with van der Waals surface area (Å²) in [5.41, 5.74) is 2.46. The summed E-state index contributed by atoms with van der Waals surface area (Å²) in [7, 11) is 0. The van der Waals surface area contributed by atoms with Crippen molar-refractivity contribution in [3.63, 3.8) is 0 Å². The second-order valence-corrected chi connectivity index (χ2v) is 4.07. The molecule has 2 N–H and O–H groups in total. The van der Waals surface area contributed by atoms with Crippen LogP contribution in [0.3, 0.4) is 0 Å². The molecule has 0 spiro atoms. The summed E-state index contributed by atoms with van der Waals surface area (Å²) >= 11 is 0. The Morgan fingerprint density at radius 1 is 1.29 bits per heavy atom. The fourth-order valence-corrected chi connectivity index (χ4v) is 1.79. The van der Waals surface area contributed by atoms with Gasteiger partial charge in [0.05, 0.1) is 5.69 Å². The Morgan fingerprint density at radius 3 is 3.00 bits per heavy atom. The molecule has 0 aliphatic heterocycles. The Kier molecular flexibility index (Phi) is 1.72. The van der Waals surface area contributed by atoms with Crippen LogP contribution in [-0.4, -0.2) is 11.5 Å². The molecule has 2 heteroatoms. The Labute approximate surface area is 83.3 Å². The minimum atomic E-state index is 0.920. The molecule has 0 saturated heterocycles. The number of nitrogens with one attached hydrogen (secondary N) is 2. The highest BCUT2D eigenvalue weighted by Crippen LogP contribution is 2.30. The van der Waals surface area contributed by atoms with E-state index in [1.807, 2.05) is 0 Å². The van der Waals surface area contributed by atoms with Gasteiger partial charge >= 0.3 is 0 Å². The molecule has 72 valence electrons. The molecule has 1 aromatic heterocycles. The number of hydrogen-bond donors (Lipinski definition) is 2. The van der Waals surface area contributed by atoms with Crippen LogP contribution in [0.15, 0.2) is 30.5 Å². The molecule has 3 rings (SSSR count). The maximum Gasteiger partial charge on any atom is 0.0598 e. The van der Waals surface area contributed by atoms with Crippen LogP contribution in [0.25, 0.3) is 10.9 Å². The van der Waals surface area contributed by atoms with Gasteiger partial charge in [0.15, 0.2) is 0 Å². The van der Waals surface area contributed by atoms with E-state index in [4.69, 9.17) is 0 Å². The van der Waals surface area contributed by atoms with Crippen LogP contribution < -0.4 is 5.32 Å². The molecule has 0 unspecified atom stereocenters. The summed E-state index contributed by atoms with van der Waals surface area (Å²) in [4.78, 5) is 3.27. The number of aromatic amines is 1. The zero-order valence-electron chi connectivity index (χ0n) is 8.09. The number of fused-ring (bicyclic) bond motifs is 1. The average Bonchev–Trinajstić information content (AvgIpc) is 2.96. The van der Waals surface area contributed by atoms with Gasteiger partial charge in [0.1, 0.15) is 0 Å². The Morgan fingerprint density at radius 2 is 2.14 bits per heavy atom. The van der Waals surface area contributed by atoms with Crippen LogP contribution in [0, 0.1) is 5.92 Å². The van der Waals surface area contributed by atoms with Crippen molar-refractivity contribution in [2.75, 3.05) is 11.9 Å². The molecule has 1 saturated carbocycles. The Balaban J connectivity index is 1.87. The van der Waals surface area contributed by atoms with Crippen molar-refractivity contribution in [3.8, 4) is 0 Å². The van der Waals surface area contributed by atoms with Crippen LogP contribution in [0.4, 0.5) is 5.69 Å². The molecular formula is C12H14N2. The van der Waals surface area contributed by atoms with E-state index >= 15 is 0 Å². The van der Waals surface area contributed by atoms with Crippen molar-refractivity contribution in [1.29, 1.82) is 0 Å². The van der Waals surface area contributed by atoms with Gasteiger partial charge in [0.25, 0.3) is 0 Å². The summed E-state index contributed by atoms with van der Waals surface area (Å²) in [6.07, 6.45) is 4.86. The number of H-pyrrole nitrogens is 1. The largest absolute Gasteiger partial charge is 0.383 e. The minimum Gasteiger partial charge on any atom is -0.383 e. The summed E-state index contributed by atoms with van der Waals surface area (Å²) in [5.74, 6) is 0.920. The van der Waals surface area contributed by atoms with Gasteiger partial charge in [-0.3, -0.25) is 0 Å². The zero-order chi connectivity index (χ0) is 9.38. The molecule has 0 amide bonds. The van der Waals surface area contributed by atoms with Gasteiger partial charge in [0.2, 0.25) is 0 Å². The fourth-order valence-electron chi connectivity index (χ4n) is 1.79. The van der Waals surface area contributed by atoms with Crippen molar-refractivity contribution in [2.45, 2.75) is 12.8 Å². The van der Waals surface area contributed by atoms with Gasteiger partial charge in [-0.15, -0.1) is 0 Å². The van der Waals surface area contributed by atoms with Gasteiger partial charge in [0, 0.05) is 23.6 Å². The lowest BCUT2D eigenvalue weighted by Crippen LogP contribution is -2.01. The van der Waals surface area contributed by atoms with Gasteiger partial charge in [-0.25, -0.2) is 0 Å². The standard InChI is InChI=1S/C12H14N2/c1-2-4-11-10(3-1)12(8-14-11)13-7-9-5-6-9/h1-4,8-9,13-14H,5-7H2. The van der Waals surface area contributed by atoms with Crippen molar-refractivity contribution in [3.05, 3.63) is 30.5 Å². The third-order valence-electron chi connectivity index (χ3n) is 2.87. The number of benzene rings is 1. The monoisotopic (exact) mass is 186 g/mol. The maximum atomic E-state index is 3.50. The molecule has 1 heterocycles. The van der Waals surface area contributed by atoms with E-state index in [1.54, 1.807) is 0 Å². The Hall–Kier alpha value is -1.44. The second-order valence-electron chi connectivity index (χ2n) is 4.07. The molecule has 1 aliphatic carbocycles. The highest BCUT2D eigenvalue weighted by molar-refractivity contribution is 5.92. The van der Waals surface area contributed by atoms with E-state index in [0.717, 1.165) is 12.5 Å². The molecule has 2 aromatic rings. The van der Waals surface area contributed by atoms with Crippen LogP contribution in [0.5, 0.6) is 0 Å². The zero-order valence-corrected chi connectivity index (χ0v) is 8.09. The van der Waals surface area contributed by atoms with Crippen LogP contribution in [-0.2, 0) is 0 Å². The molecule has 2 nitrogen and oxygen atoms in total. The Bertz CT molecular complexity index is 440. The van der Waals surface area contributed by atoms with Crippen LogP contribution >= 0.6 is 0 Å². The number of rotatable bonds is 3. The number of hydrogen-bond acceptors (Lipinski definition) is 1. The number of aromatic nitrogens is 1. The first kappa shape index (κ1) is 7.92. The van der Waals surface area contributed by atoms with E-state index < -0.39 is 0 Å². The maximum absolute atomic E-state index is 3.50. The van der Waals surface area contributed by atoms with Crippen LogP contribution in [0.1, 0.15) is 12.8 Å². The molecule has 0 atom stereocenters. The lowest BCUT2D eigenvalue weighted by atomic mass is 10.2. The summed E-state index contributed by atoms with van der Waals surface area (Å²) in [6, 6.07) is 8.40. The number of para-hydroxylation sites is 1. The predicted octanol–water partition coefficient (Wildman–Crippen LogP) is 2.99. The first-order valence-electron chi connectivity index (χ1n) is 5.23. The van der Waals surface area contributed by atoms with Gasteiger partial charge in [-0.05, 0) is 24.8 Å². The van der Waals surface area contributed by atoms with E-state index in [9.17, 15) is 0 Å². The predicted molar refractivity (Wildman–Crippen MR) is 59.5 cm³/mol. The van der Waals surface area contributed by atoms with Gasteiger partial charge in [-0.1, -0.05) is 18.2 Å². The third kappa shape index (κ3) is 1.37. The van der Waals surface area contributed by atoms with E-state index in [0.29, 0.717) is 0 Å². The first-order chi connectivity index (χ1) is 6.93. The topological polar surface area (TPSA) is 27.8 Å². The van der Waals surface area contributed by atoms with E-state index in [2.05, 4.69) is 40.8 Å². The first-order valence-corrected chi connectivity index (χ1v) is 5.23. The fraction of sp³-hybridized carbons (Fsp3) is 0.333. The SMILES string of the molecule is c1ccc2c(NCC3CC3)c[nH]c2c1. The number of anilines is 1. The second kappa shape index (κ2) is 3.05. The quantitative estimate of drug-likeness (QED) is 0.757. The lowest BCUT2D eigenvalue weighted by Gasteiger charge is -2.02.